The summed E-state index contributed by atoms with van der Waals surface area (Å²) in [5.41, 5.74) is 1.88. The van der Waals surface area contributed by atoms with Gasteiger partial charge in [-0.2, -0.15) is 0 Å². The van der Waals surface area contributed by atoms with Crippen molar-refractivity contribution in [3.63, 3.8) is 0 Å². The third-order valence-electron chi connectivity index (χ3n) is 5.80. The summed E-state index contributed by atoms with van der Waals surface area (Å²) in [4.78, 5) is 27.7. The minimum Gasteiger partial charge on any atom is -0.507 e. The lowest BCUT2D eigenvalue weighted by atomic mass is 9.97. The Balaban J connectivity index is 1.77. The number of aliphatic hydroxyl groups excluding tert-OH is 1. The number of furan rings is 1. The maximum absolute atomic E-state index is 13.2. The summed E-state index contributed by atoms with van der Waals surface area (Å²) in [7, 11) is 3.01. The number of nitrogens with zero attached hydrogens (tertiary/aromatic N) is 1. The molecule has 2 heterocycles. The molecule has 0 saturated carbocycles. The Labute approximate surface area is 202 Å². The van der Waals surface area contributed by atoms with E-state index in [4.69, 9.17) is 25.5 Å². The number of hydrogen-bond donors (Lipinski definition) is 1. The largest absolute Gasteiger partial charge is 0.507 e. The van der Waals surface area contributed by atoms with Gasteiger partial charge in [0.05, 0.1) is 36.6 Å². The Morgan fingerprint density at radius 1 is 1.12 bits per heavy atom. The van der Waals surface area contributed by atoms with Crippen molar-refractivity contribution in [2.75, 3.05) is 20.8 Å². The smallest absolute Gasteiger partial charge is 0.295 e. The molecule has 1 atom stereocenters. The fraction of sp³-hybridized carbons (Fsp3) is 0.231. The zero-order valence-electron chi connectivity index (χ0n) is 19.0. The van der Waals surface area contributed by atoms with Crippen molar-refractivity contribution < 1.29 is 28.6 Å². The van der Waals surface area contributed by atoms with Crippen molar-refractivity contribution in [1.82, 2.24) is 4.90 Å². The molecular weight excluding hydrogens is 458 g/mol. The molecule has 0 aliphatic carbocycles. The second-order valence-electron chi connectivity index (χ2n) is 7.93. The van der Waals surface area contributed by atoms with E-state index in [1.54, 1.807) is 38.3 Å². The van der Waals surface area contributed by atoms with Crippen LogP contribution in [0.15, 0.2) is 64.8 Å². The number of aryl methyl sites for hydroxylation is 1. The molecule has 1 amide bonds. The van der Waals surface area contributed by atoms with E-state index in [1.165, 1.54) is 18.3 Å². The van der Waals surface area contributed by atoms with Crippen LogP contribution in [0.1, 0.15) is 28.5 Å². The summed E-state index contributed by atoms with van der Waals surface area (Å²) in [6.45, 7) is 2.05. The molecule has 1 aromatic heterocycles. The number of amides is 1. The normalized spacial score (nSPS) is 17.3. The van der Waals surface area contributed by atoms with Gasteiger partial charge in [0.1, 0.15) is 29.1 Å². The molecule has 3 aromatic rings. The van der Waals surface area contributed by atoms with Gasteiger partial charge in [-0.1, -0.05) is 23.7 Å². The van der Waals surface area contributed by atoms with Gasteiger partial charge >= 0.3 is 0 Å². The van der Waals surface area contributed by atoms with Crippen LogP contribution in [0.4, 0.5) is 0 Å². The molecule has 1 unspecified atom stereocenters. The number of methoxy groups -OCH3 is 2. The summed E-state index contributed by atoms with van der Waals surface area (Å²) in [6.07, 6.45) is 1.96. The Hall–Kier alpha value is -3.71. The lowest BCUT2D eigenvalue weighted by molar-refractivity contribution is -0.140. The zero-order valence-corrected chi connectivity index (χ0v) is 19.8. The monoisotopic (exact) mass is 481 g/mol. The lowest BCUT2D eigenvalue weighted by Gasteiger charge is -2.23. The summed E-state index contributed by atoms with van der Waals surface area (Å²) < 4.78 is 16.2. The van der Waals surface area contributed by atoms with E-state index in [0.29, 0.717) is 12.2 Å². The predicted molar refractivity (Wildman–Crippen MR) is 127 cm³/mol. The van der Waals surface area contributed by atoms with Crippen molar-refractivity contribution in [1.29, 1.82) is 0 Å². The first-order valence-corrected chi connectivity index (χ1v) is 11.0. The van der Waals surface area contributed by atoms with Crippen molar-refractivity contribution in [3.8, 4) is 11.5 Å². The van der Waals surface area contributed by atoms with Crippen LogP contribution < -0.4 is 9.47 Å². The van der Waals surface area contributed by atoms with E-state index < -0.39 is 17.7 Å². The quantitative estimate of drug-likeness (QED) is 0.292. The van der Waals surface area contributed by atoms with Gasteiger partial charge in [0.25, 0.3) is 11.7 Å². The molecule has 0 radical (unpaired) electrons. The molecule has 0 spiro atoms. The van der Waals surface area contributed by atoms with Crippen LogP contribution in [-0.4, -0.2) is 42.5 Å². The van der Waals surface area contributed by atoms with Gasteiger partial charge in [0.15, 0.2) is 0 Å². The van der Waals surface area contributed by atoms with Crippen LogP contribution in [0.2, 0.25) is 5.02 Å². The summed E-state index contributed by atoms with van der Waals surface area (Å²) >= 11 is 6.31. The number of ketones is 1. The fourth-order valence-electron chi connectivity index (χ4n) is 4.15. The zero-order chi connectivity index (χ0) is 24.4. The maximum atomic E-state index is 13.2. The third-order valence-corrected chi connectivity index (χ3v) is 6.08. The van der Waals surface area contributed by atoms with E-state index in [-0.39, 0.29) is 34.2 Å². The van der Waals surface area contributed by atoms with Gasteiger partial charge in [-0.3, -0.25) is 9.59 Å². The minimum absolute atomic E-state index is 0.0744. The first-order valence-electron chi connectivity index (χ1n) is 10.6. The van der Waals surface area contributed by atoms with Gasteiger partial charge in [-0.25, -0.2) is 0 Å². The Bertz CT molecular complexity index is 1250. The number of halogens is 1. The number of carbonyl (C=O) groups excluding carboxylic acids is 2. The molecule has 4 rings (SSSR count). The molecule has 8 heteroatoms. The van der Waals surface area contributed by atoms with Crippen LogP contribution in [0.3, 0.4) is 0 Å². The van der Waals surface area contributed by atoms with Crippen LogP contribution in [0, 0.1) is 6.92 Å². The molecule has 1 aliphatic heterocycles. The topological polar surface area (TPSA) is 89.2 Å². The van der Waals surface area contributed by atoms with Crippen molar-refractivity contribution in [3.05, 3.63) is 87.8 Å². The molecule has 34 heavy (non-hydrogen) atoms. The molecular formula is C26H24ClNO6. The number of ether oxygens (including phenoxy) is 2. The van der Waals surface area contributed by atoms with Crippen molar-refractivity contribution in [2.45, 2.75) is 19.4 Å². The highest BCUT2D eigenvalue weighted by Gasteiger charge is 2.47. The second-order valence-corrected chi connectivity index (χ2v) is 8.34. The summed E-state index contributed by atoms with van der Waals surface area (Å²) in [6, 6.07) is 13.3. The predicted octanol–water partition coefficient (Wildman–Crippen LogP) is 4.92. The van der Waals surface area contributed by atoms with Gasteiger partial charge < -0.3 is 23.9 Å². The number of aliphatic hydroxyl groups is 1. The second kappa shape index (κ2) is 9.65. The minimum atomic E-state index is -0.891. The molecule has 1 N–H and O–H groups in total. The number of benzene rings is 2. The van der Waals surface area contributed by atoms with Gasteiger partial charge in [0, 0.05) is 6.54 Å². The number of hydrogen-bond acceptors (Lipinski definition) is 6. The highest BCUT2D eigenvalue weighted by atomic mass is 35.5. The lowest BCUT2D eigenvalue weighted by Crippen LogP contribution is -2.31. The molecule has 1 aliphatic rings. The number of likely N-dealkylation sites (tertiary alicyclic amines) is 1. The maximum Gasteiger partial charge on any atom is 0.295 e. The SMILES string of the molecule is COc1ccc(CCN2C(=O)C(=O)/C(=C(\O)c3cc(C)cc(Cl)c3OC)C2c2ccco2)cc1. The Morgan fingerprint density at radius 2 is 1.85 bits per heavy atom. The highest BCUT2D eigenvalue weighted by Crippen LogP contribution is 2.42. The average Bonchev–Trinajstić information content (AvgIpc) is 3.44. The molecule has 1 fully saturated rings. The summed E-state index contributed by atoms with van der Waals surface area (Å²) in [5, 5.41) is 11.6. The van der Waals surface area contributed by atoms with E-state index in [1.807, 2.05) is 24.3 Å². The molecule has 0 bridgehead atoms. The van der Waals surface area contributed by atoms with Crippen molar-refractivity contribution >= 4 is 29.1 Å². The van der Waals surface area contributed by atoms with E-state index in [2.05, 4.69) is 0 Å². The van der Waals surface area contributed by atoms with Crippen LogP contribution in [-0.2, 0) is 16.0 Å². The molecule has 7 nitrogen and oxygen atoms in total. The Morgan fingerprint density at radius 3 is 2.47 bits per heavy atom. The average molecular weight is 482 g/mol. The highest BCUT2D eigenvalue weighted by molar-refractivity contribution is 6.46. The number of Topliss-reactive ketones (excluding diaryl/α,β-unsaturated/α-hetero) is 1. The number of rotatable bonds is 7. The Kier molecular flexibility index (Phi) is 6.65. The van der Waals surface area contributed by atoms with Crippen LogP contribution >= 0.6 is 11.6 Å². The third kappa shape index (κ3) is 4.26. The molecule has 2 aromatic carbocycles. The van der Waals surface area contributed by atoms with Gasteiger partial charge in [-0.05, 0) is 60.9 Å². The number of carbonyl (C=O) groups is 2. The van der Waals surface area contributed by atoms with E-state index >= 15 is 0 Å². The summed E-state index contributed by atoms with van der Waals surface area (Å²) in [5.74, 6) is -0.567. The van der Waals surface area contributed by atoms with Crippen LogP contribution in [0.25, 0.3) is 5.76 Å². The van der Waals surface area contributed by atoms with E-state index in [0.717, 1.165) is 16.9 Å². The van der Waals surface area contributed by atoms with Gasteiger partial charge in [-0.15, -0.1) is 0 Å². The van der Waals surface area contributed by atoms with E-state index in [9.17, 15) is 14.7 Å². The fourth-order valence-corrected chi connectivity index (χ4v) is 4.50. The molecule has 176 valence electrons. The van der Waals surface area contributed by atoms with Crippen molar-refractivity contribution in [2.24, 2.45) is 0 Å². The first kappa shape index (κ1) is 23.4. The van der Waals surface area contributed by atoms with Crippen LogP contribution in [0.5, 0.6) is 11.5 Å². The first-order chi connectivity index (χ1) is 16.3. The molecule has 1 saturated heterocycles. The van der Waals surface area contributed by atoms with Gasteiger partial charge in [0.2, 0.25) is 0 Å². The standard InChI is InChI=1S/C26H24ClNO6/c1-15-13-18(25(33-3)19(27)14-15)23(29)21-22(20-5-4-12-34-20)28(26(31)24(21)30)11-10-16-6-8-17(32-2)9-7-16/h4-9,12-14,22,29H,10-11H2,1-3H3/b23-21-.